The van der Waals surface area contributed by atoms with Gasteiger partial charge >= 0.3 is 0 Å². The van der Waals surface area contributed by atoms with Crippen LogP contribution in [-0.2, 0) is 16.6 Å². The molecule has 0 unspecified atom stereocenters. The van der Waals surface area contributed by atoms with Crippen LogP contribution in [0.5, 0.6) is 0 Å². The summed E-state index contributed by atoms with van der Waals surface area (Å²) in [6, 6.07) is 10.1. The number of rotatable bonds is 6. The third-order valence-corrected chi connectivity index (χ3v) is 10.2. The highest BCUT2D eigenvalue weighted by atomic mass is 32.1. The lowest BCUT2D eigenvalue weighted by molar-refractivity contribution is -0.137. The van der Waals surface area contributed by atoms with Crippen LogP contribution in [0.25, 0.3) is 21.5 Å². The van der Waals surface area contributed by atoms with Gasteiger partial charge in [0.1, 0.15) is 4.83 Å². The third-order valence-electron chi connectivity index (χ3n) is 8.83. The molecule has 2 bridgehead atoms. The normalized spacial score (nSPS) is 22.7. The van der Waals surface area contributed by atoms with Crippen molar-refractivity contribution in [1.29, 1.82) is 0 Å². The van der Waals surface area contributed by atoms with E-state index >= 15 is 0 Å². The van der Waals surface area contributed by atoms with Gasteiger partial charge in [0.25, 0.3) is 0 Å². The Labute approximate surface area is 219 Å². The van der Waals surface area contributed by atoms with Gasteiger partial charge in [0.2, 0.25) is 5.91 Å². The molecule has 3 saturated heterocycles. The van der Waals surface area contributed by atoms with Gasteiger partial charge in [-0.05, 0) is 89.1 Å². The van der Waals surface area contributed by atoms with Crippen LogP contribution in [0.4, 0.5) is 0 Å². The Balaban J connectivity index is 1.36. The van der Waals surface area contributed by atoms with Gasteiger partial charge in [-0.3, -0.25) is 4.79 Å². The van der Waals surface area contributed by atoms with Crippen molar-refractivity contribution in [3.8, 4) is 11.3 Å². The summed E-state index contributed by atoms with van der Waals surface area (Å²) in [5.74, 6) is 0.327. The number of carbonyl (C=O) groups is 1. The van der Waals surface area contributed by atoms with Crippen molar-refractivity contribution < 1.29 is 4.79 Å². The minimum atomic E-state index is -0.494. The minimum Gasteiger partial charge on any atom is -0.346 e. The van der Waals surface area contributed by atoms with E-state index in [0.29, 0.717) is 18.0 Å². The second kappa shape index (κ2) is 9.30. The molecule has 2 aromatic heterocycles. The summed E-state index contributed by atoms with van der Waals surface area (Å²) in [5.41, 5.74) is 6.03. The summed E-state index contributed by atoms with van der Waals surface area (Å²) >= 11 is 1.79. The molecule has 3 aromatic rings. The number of hydrogen-bond acceptors (Lipinski definition) is 4. The van der Waals surface area contributed by atoms with E-state index in [2.05, 4.69) is 72.1 Å². The average molecular weight is 505 g/mol. The molecule has 1 amide bonds. The topological polar surface area (TPSA) is 51.4 Å². The fourth-order valence-corrected chi connectivity index (χ4v) is 8.03. The summed E-state index contributed by atoms with van der Waals surface area (Å²) in [7, 11) is 0. The van der Waals surface area contributed by atoms with Gasteiger partial charge < -0.3 is 20.1 Å². The maximum atomic E-state index is 13.8. The molecule has 0 aliphatic carbocycles. The van der Waals surface area contributed by atoms with Crippen molar-refractivity contribution in [3.63, 3.8) is 0 Å². The molecular formula is C30H40N4OS. The predicted molar refractivity (Wildman–Crippen MR) is 150 cm³/mol. The second-order valence-corrected chi connectivity index (χ2v) is 12.9. The van der Waals surface area contributed by atoms with E-state index in [4.69, 9.17) is 0 Å². The average Bonchev–Trinajstić information content (AvgIpc) is 3.62. The quantitative estimate of drug-likeness (QED) is 0.473. The Morgan fingerprint density at radius 3 is 2.28 bits per heavy atom. The van der Waals surface area contributed by atoms with Crippen molar-refractivity contribution in [2.24, 2.45) is 0 Å². The van der Waals surface area contributed by atoms with Crippen molar-refractivity contribution in [2.45, 2.75) is 77.3 Å². The zero-order chi connectivity index (χ0) is 25.0. The zero-order valence-corrected chi connectivity index (χ0v) is 23.1. The number of hydrogen-bond donors (Lipinski definition) is 2. The molecule has 6 heteroatoms. The largest absolute Gasteiger partial charge is 0.346 e. The number of aryl methyl sites for hydroxylation is 2. The van der Waals surface area contributed by atoms with Crippen LogP contribution < -0.4 is 5.32 Å². The molecule has 3 aliphatic heterocycles. The molecule has 192 valence electrons. The third kappa shape index (κ3) is 4.21. The number of amides is 1. The van der Waals surface area contributed by atoms with E-state index in [1.807, 2.05) is 0 Å². The van der Waals surface area contributed by atoms with Crippen molar-refractivity contribution in [3.05, 3.63) is 45.8 Å². The summed E-state index contributed by atoms with van der Waals surface area (Å²) in [5, 5.41) is 4.78. The number of H-pyrrole nitrogens is 1. The molecule has 6 rings (SSSR count). The maximum Gasteiger partial charge on any atom is 0.233 e. The van der Waals surface area contributed by atoms with Crippen molar-refractivity contribution in [2.75, 3.05) is 32.7 Å². The van der Waals surface area contributed by atoms with Crippen LogP contribution in [0.15, 0.2) is 24.3 Å². The molecular weight excluding hydrogens is 464 g/mol. The number of carbonyl (C=O) groups excluding carboxylic acids is 1. The van der Waals surface area contributed by atoms with E-state index in [1.54, 1.807) is 11.3 Å². The van der Waals surface area contributed by atoms with Gasteiger partial charge in [-0.25, -0.2) is 0 Å². The van der Waals surface area contributed by atoms with E-state index in [1.165, 1.54) is 68.7 Å². The summed E-state index contributed by atoms with van der Waals surface area (Å²) in [6.45, 7) is 14.1. The Bertz CT molecular complexity index is 1240. The van der Waals surface area contributed by atoms with Crippen LogP contribution in [0.3, 0.4) is 0 Å². The number of benzene rings is 1. The highest BCUT2D eigenvalue weighted by Gasteiger charge is 2.47. The number of aromatic nitrogens is 1. The maximum absolute atomic E-state index is 13.8. The van der Waals surface area contributed by atoms with Gasteiger partial charge in [-0.1, -0.05) is 17.2 Å². The summed E-state index contributed by atoms with van der Waals surface area (Å²) in [4.78, 5) is 24.9. The molecule has 3 fully saturated rings. The lowest BCUT2D eigenvalue weighted by Crippen LogP contribution is -2.45. The number of nitrogens with zero attached hydrogens (tertiary/aromatic N) is 2. The van der Waals surface area contributed by atoms with Gasteiger partial charge in [-0.15, -0.1) is 11.3 Å². The van der Waals surface area contributed by atoms with E-state index < -0.39 is 5.41 Å². The van der Waals surface area contributed by atoms with E-state index in [9.17, 15) is 4.79 Å². The first-order valence-corrected chi connectivity index (χ1v) is 14.6. The molecule has 36 heavy (non-hydrogen) atoms. The first-order valence-electron chi connectivity index (χ1n) is 13.8. The van der Waals surface area contributed by atoms with Gasteiger partial charge in [0.05, 0.1) is 11.1 Å². The molecule has 0 saturated carbocycles. The van der Waals surface area contributed by atoms with Gasteiger partial charge in [-0.2, -0.15) is 0 Å². The van der Waals surface area contributed by atoms with E-state index in [-0.39, 0.29) is 0 Å². The first-order chi connectivity index (χ1) is 17.3. The Kier molecular flexibility index (Phi) is 6.25. The number of piperazine rings is 1. The van der Waals surface area contributed by atoms with Crippen LogP contribution >= 0.6 is 11.3 Å². The minimum absolute atomic E-state index is 0.327. The number of nitrogens with one attached hydrogen (secondary N) is 2. The number of thiophene rings is 1. The van der Waals surface area contributed by atoms with Crippen molar-refractivity contribution in [1.82, 2.24) is 20.1 Å². The fraction of sp³-hybridized carbons (Fsp3) is 0.567. The number of aromatic amines is 1. The Morgan fingerprint density at radius 1 is 1.00 bits per heavy atom. The Morgan fingerprint density at radius 2 is 1.64 bits per heavy atom. The highest BCUT2D eigenvalue weighted by Crippen LogP contribution is 2.44. The van der Waals surface area contributed by atoms with Gasteiger partial charge in [0.15, 0.2) is 0 Å². The fourth-order valence-electron chi connectivity index (χ4n) is 6.84. The Hall–Kier alpha value is -2.15. The zero-order valence-electron chi connectivity index (χ0n) is 22.2. The highest BCUT2D eigenvalue weighted by molar-refractivity contribution is 7.19. The molecule has 1 aromatic carbocycles. The van der Waals surface area contributed by atoms with Crippen LogP contribution in [0, 0.1) is 13.8 Å². The summed E-state index contributed by atoms with van der Waals surface area (Å²) in [6.07, 6.45) is 5.77. The molecule has 5 heterocycles. The monoisotopic (exact) mass is 504 g/mol. The van der Waals surface area contributed by atoms with Crippen LogP contribution in [0.2, 0.25) is 0 Å². The van der Waals surface area contributed by atoms with Crippen LogP contribution in [-0.4, -0.2) is 65.5 Å². The lowest BCUT2D eigenvalue weighted by atomic mass is 9.88. The van der Waals surface area contributed by atoms with Crippen LogP contribution in [0.1, 0.15) is 61.1 Å². The SMILES string of the molecule is Cc1cc(C)cc(-c2[nH]c3sc(C(C)(C)C(=O)N4C5CCC4CC5)cc3c2CCN2CCNCC2)c1. The molecule has 5 nitrogen and oxygen atoms in total. The van der Waals surface area contributed by atoms with Gasteiger partial charge in [0, 0.05) is 55.1 Å². The second-order valence-electron chi connectivity index (χ2n) is 11.8. The predicted octanol–water partition coefficient (Wildman–Crippen LogP) is 5.39. The standard InChI is InChI=1S/C30H40N4OS/c1-19-15-20(2)17-21(16-19)27-24(9-12-33-13-10-31-11-14-33)25-18-26(36-28(25)32-27)30(3,4)29(35)34-22-5-6-23(34)8-7-22/h15-18,22-23,31-32H,5-14H2,1-4H3. The molecule has 3 aliphatic rings. The summed E-state index contributed by atoms with van der Waals surface area (Å²) < 4.78 is 0. The van der Waals surface area contributed by atoms with E-state index in [0.717, 1.165) is 39.1 Å². The number of fused-ring (bicyclic) bond motifs is 3. The smallest absolute Gasteiger partial charge is 0.233 e. The lowest BCUT2D eigenvalue weighted by Gasteiger charge is -2.31. The first kappa shape index (κ1) is 24.2. The molecule has 2 N–H and O–H groups in total. The molecule has 0 atom stereocenters. The van der Waals surface area contributed by atoms with Crippen molar-refractivity contribution >= 4 is 27.5 Å². The molecule has 0 spiro atoms. The molecule has 0 radical (unpaired) electrons.